The Labute approximate surface area is 125 Å². The molecule has 0 spiro atoms. The van der Waals surface area contributed by atoms with Crippen molar-refractivity contribution in [1.82, 2.24) is 5.43 Å². The lowest BCUT2D eigenvalue weighted by Crippen LogP contribution is -2.30. The second-order valence-corrected chi connectivity index (χ2v) is 5.96. The fourth-order valence-electron chi connectivity index (χ4n) is 3.41. The minimum Gasteiger partial charge on any atom is -0.271 e. The van der Waals surface area contributed by atoms with E-state index in [1.165, 1.54) is 17.5 Å². The summed E-state index contributed by atoms with van der Waals surface area (Å²) in [6, 6.07) is 9.65. The highest BCUT2D eigenvalue weighted by molar-refractivity contribution is 5.43. The maximum absolute atomic E-state index is 14.4. The van der Waals surface area contributed by atoms with Gasteiger partial charge in [-0.05, 0) is 67.0 Å². The van der Waals surface area contributed by atoms with Gasteiger partial charge in [-0.3, -0.25) is 5.84 Å². The van der Waals surface area contributed by atoms with Gasteiger partial charge in [0.2, 0.25) is 0 Å². The Kier molecular flexibility index (Phi) is 3.79. The molecule has 2 nitrogen and oxygen atoms in total. The average molecular weight is 284 g/mol. The van der Waals surface area contributed by atoms with Crippen molar-refractivity contribution in [2.45, 2.75) is 39.2 Å². The molecule has 0 bridgehead atoms. The molecular formula is C18H21FN2. The van der Waals surface area contributed by atoms with Crippen molar-refractivity contribution in [2.75, 3.05) is 0 Å². The highest BCUT2D eigenvalue weighted by Gasteiger charge is 2.21. The molecule has 0 saturated carbocycles. The van der Waals surface area contributed by atoms with E-state index in [2.05, 4.69) is 23.6 Å². The lowest BCUT2D eigenvalue weighted by atomic mass is 9.92. The summed E-state index contributed by atoms with van der Waals surface area (Å²) in [5.74, 6) is 5.54. The molecule has 2 aromatic carbocycles. The van der Waals surface area contributed by atoms with Crippen LogP contribution in [0.15, 0.2) is 30.3 Å². The summed E-state index contributed by atoms with van der Waals surface area (Å²) in [6.45, 7) is 3.84. The zero-order chi connectivity index (χ0) is 15.0. The number of hydrogen-bond acceptors (Lipinski definition) is 2. The first-order valence-corrected chi connectivity index (χ1v) is 7.44. The molecule has 3 rings (SSSR count). The molecule has 0 heterocycles. The average Bonchev–Trinajstić information content (AvgIpc) is 2.89. The van der Waals surface area contributed by atoms with Crippen molar-refractivity contribution in [2.24, 2.45) is 5.84 Å². The molecular weight excluding hydrogens is 263 g/mol. The molecule has 21 heavy (non-hydrogen) atoms. The molecule has 2 aromatic rings. The van der Waals surface area contributed by atoms with Gasteiger partial charge in [0.25, 0.3) is 0 Å². The second kappa shape index (κ2) is 5.58. The first-order chi connectivity index (χ1) is 10.1. The van der Waals surface area contributed by atoms with Gasteiger partial charge in [0.15, 0.2) is 0 Å². The third kappa shape index (κ3) is 2.59. The SMILES string of the molecule is Cc1cc(C)c(C(NN)c2ccc3c(c2)CCC3)c(F)c1. The van der Waals surface area contributed by atoms with Crippen molar-refractivity contribution in [3.05, 3.63) is 69.5 Å². The lowest BCUT2D eigenvalue weighted by molar-refractivity contribution is 0.556. The Morgan fingerprint density at radius 2 is 1.86 bits per heavy atom. The molecule has 0 aliphatic heterocycles. The maximum Gasteiger partial charge on any atom is 0.128 e. The van der Waals surface area contributed by atoms with Crippen LogP contribution in [-0.2, 0) is 12.8 Å². The molecule has 0 aromatic heterocycles. The first-order valence-electron chi connectivity index (χ1n) is 7.44. The van der Waals surface area contributed by atoms with Crippen LogP contribution >= 0.6 is 0 Å². The number of rotatable bonds is 3. The van der Waals surface area contributed by atoms with Crippen LogP contribution in [0.25, 0.3) is 0 Å². The van der Waals surface area contributed by atoms with E-state index in [4.69, 9.17) is 5.84 Å². The zero-order valence-electron chi connectivity index (χ0n) is 12.5. The molecule has 3 N–H and O–H groups in total. The van der Waals surface area contributed by atoms with Gasteiger partial charge in [-0.15, -0.1) is 0 Å². The van der Waals surface area contributed by atoms with Crippen LogP contribution in [0, 0.1) is 19.7 Å². The number of hydrogen-bond donors (Lipinski definition) is 2. The highest BCUT2D eigenvalue weighted by Crippen LogP contribution is 2.31. The highest BCUT2D eigenvalue weighted by atomic mass is 19.1. The minimum atomic E-state index is -0.309. The zero-order valence-corrected chi connectivity index (χ0v) is 12.5. The fourth-order valence-corrected chi connectivity index (χ4v) is 3.41. The van der Waals surface area contributed by atoms with Crippen LogP contribution in [0.5, 0.6) is 0 Å². The quantitative estimate of drug-likeness (QED) is 0.669. The largest absolute Gasteiger partial charge is 0.271 e. The summed E-state index contributed by atoms with van der Waals surface area (Å²) in [7, 11) is 0. The number of hydrazine groups is 1. The normalized spacial score (nSPS) is 15.0. The van der Waals surface area contributed by atoms with Gasteiger partial charge in [0.1, 0.15) is 5.82 Å². The molecule has 3 heteroatoms. The lowest BCUT2D eigenvalue weighted by Gasteiger charge is -2.21. The van der Waals surface area contributed by atoms with Crippen molar-refractivity contribution in [3.63, 3.8) is 0 Å². The minimum absolute atomic E-state index is 0.198. The predicted octanol–water partition coefficient (Wildman–Crippen LogP) is 3.48. The second-order valence-electron chi connectivity index (χ2n) is 5.96. The Morgan fingerprint density at radius 3 is 2.57 bits per heavy atom. The summed E-state index contributed by atoms with van der Waals surface area (Å²) in [5, 5.41) is 0. The number of fused-ring (bicyclic) bond motifs is 1. The smallest absolute Gasteiger partial charge is 0.128 e. The van der Waals surface area contributed by atoms with E-state index < -0.39 is 0 Å². The molecule has 1 aliphatic carbocycles. The van der Waals surface area contributed by atoms with Crippen LogP contribution in [0.3, 0.4) is 0 Å². The number of benzene rings is 2. The van der Waals surface area contributed by atoms with E-state index in [-0.39, 0.29) is 11.9 Å². The van der Waals surface area contributed by atoms with Gasteiger partial charge >= 0.3 is 0 Å². The molecule has 0 fully saturated rings. The topological polar surface area (TPSA) is 38.0 Å². The van der Waals surface area contributed by atoms with E-state index in [1.807, 2.05) is 19.9 Å². The van der Waals surface area contributed by atoms with Gasteiger partial charge in [-0.1, -0.05) is 24.3 Å². The Balaban J connectivity index is 2.07. The standard InChI is InChI=1S/C18H21FN2/c1-11-8-12(2)17(16(19)9-11)18(21-20)15-7-6-13-4-3-5-14(13)10-15/h6-10,18,21H,3-5,20H2,1-2H3. The first kappa shape index (κ1) is 14.2. The maximum atomic E-state index is 14.4. The number of aryl methyl sites for hydroxylation is 4. The Hall–Kier alpha value is -1.71. The molecule has 0 amide bonds. The molecule has 1 aliphatic rings. The van der Waals surface area contributed by atoms with Gasteiger partial charge in [0, 0.05) is 5.56 Å². The summed E-state index contributed by atoms with van der Waals surface area (Å²) in [4.78, 5) is 0. The predicted molar refractivity (Wildman–Crippen MR) is 83.5 cm³/mol. The van der Waals surface area contributed by atoms with Crippen molar-refractivity contribution >= 4 is 0 Å². The van der Waals surface area contributed by atoms with Gasteiger partial charge in [0.05, 0.1) is 6.04 Å². The van der Waals surface area contributed by atoms with E-state index in [9.17, 15) is 4.39 Å². The number of nitrogens with two attached hydrogens (primary N) is 1. The van der Waals surface area contributed by atoms with E-state index in [0.717, 1.165) is 29.5 Å². The molecule has 110 valence electrons. The van der Waals surface area contributed by atoms with Crippen LogP contribution < -0.4 is 11.3 Å². The molecule has 1 atom stereocenters. The van der Waals surface area contributed by atoms with E-state index in [1.54, 1.807) is 6.07 Å². The van der Waals surface area contributed by atoms with Crippen molar-refractivity contribution < 1.29 is 4.39 Å². The molecule has 0 saturated heterocycles. The Bertz CT molecular complexity index is 656. The van der Waals surface area contributed by atoms with Gasteiger partial charge in [-0.25, -0.2) is 9.82 Å². The van der Waals surface area contributed by atoms with Gasteiger partial charge < -0.3 is 0 Å². The summed E-state index contributed by atoms with van der Waals surface area (Å²) >= 11 is 0. The van der Waals surface area contributed by atoms with E-state index >= 15 is 0 Å². The Morgan fingerprint density at radius 1 is 1.10 bits per heavy atom. The molecule has 1 unspecified atom stereocenters. The number of nitrogens with one attached hydrogen (secondary N) is 1. The third-order valence-electron chi connectivity index (χ3n) is 4.39. The van der Waals surface area contributed by atoms with Crippen molar-refractivity contribution in [3.8, 4) is 0 Å². The van der Waals surface area contributed by atoms with Crippen LogP contribution in [0.2, 0.25) is 0 Å². The summed E-state index contributed by atoms with van der Waals surface area (Å²) in [6.07, 6.45) is 3.46. The van der Waals surface area contributed by atoms with Crippen molar-refractivity contribution in [1.29, 1.82) is 0 Å². The van der Waals surface area contributed by atoms with Gasteiger partial charge in [-0.2, -0.15) is 0 Å². The third-order valence-corrected chi connectivity index (χ3v) is 4.39. The monoisotopic (exact) mass is 284 g/mol. The summed E-state index contributed by atoms with van der Waals surface area (Å²) < 4.78 is 14.4. The fraction of sp³-hybridized carbons (Fsp3) is 0.333. The number of halogens is 1. The summed E-state index contributed by atoms with van der Waals surface area (Å²) in [5.41, 5.74) is 9.10. The van der Waals surface area contributed by atoms with Crippen LogP contribution in [0.4, 0.5) is 4.39 Å². The molecule has 0 radical (unpaired) electrons. The van der Waals surface area contributed by atoms with Crippen LogP contribution in [-0.4, -0.2) is 0 Å². The van der Waals surface area contributed by atoms with E-state index in [0.29, 0.717) is 5.56 Å². The van der Waals surface area contributed by atoms with Crippen LogP contribution in [0.1, 0.15) is 45.8 Å².